The Balaban J connectivity index is 1.21. The normalized spacial score (nSPS) is 11.9. The molecule has 0 aliphatic carbocycles. The van der Waals surface area contributed by atoms with E-state index < -0.39 is 30.4 Å². The molecule has 0 radical (unpaired) electrons. The number of benzene rings is 5. The molecule has 3 heterocycles. The van der Waals surface area contributed by atoms with Gasteiger partial charge in [-0.15, -0.1) is 20.5 Å². The first-order valence-electron chi connectivity index (χ1n) is 24.6. The molecule has 0 amide bonds. The van der Waals surface area contributed by atoms with Crippen molar-refractivity contribution < 1.29 is 38.9 Å². The molecule has 5 aromatic carbocycles. The van der Waals surface area contributed by atoms with Crippen LogP contribution in [0.4, 0.5) is 67.4 Å². The van der Waals surface area contributed by atoms with Gasteiger partial charge >= 0.3 is 0 Å². The van der Waals surface area contributed by atoms with Crippen molar-refractivity contribution in [2.75, 3.05) is 46.6 Å². The van der Waals surface area contributed by atoms with Gasteiger partial charge in [0.15, 0.2) is 15.2 Å². The largest absolute Gasteiger partial charge is 0.372 e. The maximum Gasteiger partial charge on any atom is 0.294 e. The molecule has 0 bridgehead atoms. The summed E-state index contributed by atoms with van der Waals surface area (Å²) >= 11 is 2.86. The van der Waals surface area contributed by atoms with Crippen molar-refractivity contribution in [3.8, 4) is 22.5 Å². The van der Waals surface area contributed by atoms with Crippen molar-refractivity contribution in [2.24, 2.45) is 20.5 Å². The molecule has 0 aliphatic heterocycles. The molecular formula is C52H49N15O9S6. The maximum absolute atomic E-state index is 12.2. The molecule has 3 aromatic heterocycles. The molecule has 0 atom stereocenters. The minimum atomic E-state index is -4.59. The van der Waals surface area contributed by atoms with Crippen LogP contribution in [0.25, 0.3) is 32.2 Å². The summed E-state index contributed by atoms with van der Waals surface area (Å²) in [5.41, 5.74) is 4.81. The van der Waals surface area contributed by atoms with E-state index in [1.807, 2.05) is 52.0 Å². The summed E-state index contributed by atoms with van der Waals surface area (Å²) in [6.07, 6.45) is 0. The average Bonchev–Trinajstić information content (AvgIpc) is 4.20. The molecule has 8 aromatic rings. The molecule has 0 fully saturated rings. The van der Waals surface area contributed by atoms with Gasteiger partial charge in [0.05, 0.1) is 50.6 Å². The number of azo groups is 2. The van der Waals surface area contributed by atoms with Gasteiger partial charge in [0.1, 0.15) is 11.4 Å². The summed E-state index contributed by atoms with van der Waals surface area (Å²) < 4.78 is 111. The van der Waals surface area contributed by atoms with Crippen molar-refractivity contribution in [1.82, 2.24) is 23.7 Å². The summed E-state index contributed by atoms with van der Waals surface area (Å²) in [7, 11) is -13.7. The van der Waals surface area contributed by atoms with Crippen molar-refractivity contribution in [2.45, 2.75) is 67.1 Å². The highest BCUT2D eigenvalue weighted by atomic mass is 32.2. The highest BCUT2D eigenvalue weighted by Gasteiger charge is 2.23. The predicted octanol–water partition coefficient (Wildman–Crippen LogP) is 13.9. The maximum atomic E-state index is 12.2. The van der Waals surface area contributed by atoms with E-state index >= 15 is 0 Å². The molecule has 0 saturated heterocycles. The number of rotatable bonds is 22. The summed E-state index contributed by atoms with van der Waals surface area (Å²) in [5.74, 6) is 0.150. The SMILES string of the molecule is [C-]#[N+]c1c(-c2ccc(C)c(S(=O)(=O)O)c2)nsc1N=Nc1ccc(N(CC)CC)cc1Nc1nc(Nc2cc(N(CC)CC)ccc2N=Nc2snc(-c3ccc(C)c(S(=O)(=O)O)c3)c2[N+]#[C-])nc(SCc2cccc(S(=O)(=O)O)c2)n1. The standard InChI is InChI=1S/C52H49N15O9S6/c1-9-66(10-2)35-20-22-38(60-62-48-46(53-7)44(64-78-48)33-18-16-30(5)42(25-33)81(71,72)73)40(27-35)55-50-57-51(59-52(58-50)77-29-32-14-13-15-37(24-32)80(68,69)70)56-41-28-36(67(11-3)12-4)21-23-39(41)61-63-49-47(54-8)45(65-79-49)34-19-17-31(6)43(26-34)82(74,75)76/h13-28H,9-12,29H2,1-6H3,(H,68,69,70)(H,71,72,73)(H,74,75,76)(H2,55,56,57,58,59). The Labute approximate surface area is 485 Å². The minimum Gasteiger partial charge on any atom is -0.372 e. The van der Waals surface area contributed by atoms with Gasteiger partial charge in [0.2, 0.25) is 11.9 Å². The van der Waals surface area contributed by atoms with Crippen LogP contribution in [0.3, 0.4) is 0 Å². The van der Waals surface area contributed by atoms with Crippen LogP contribution in [0, 0.1) is 27.0 Å². The summed E-state index contributed by atoms with van der Waals surface area (Å²) in [5, 5.41) is 25.0. The molecule has 5 N–H and O–H groups in total. The van der Waals surface area contributed by atoms with E-state index in [0.29, 0.717) is 54.2 Å². The average molecular weight is 1220 g/mol. The van der Waals surface area contributed by atoms with E-state index in [4.69, 9.17) is 28.1 Å². The lowest BCUT2D eigenvalue weighted by atomic mass is 10.1. The molecule has 0 unspecified atom stereocenters. The fourth-order valence-corrected chi connectivity index (χ4v) is 12.4. The number of anilines is 6. The van der Waals surface area contributed by atoms with Crippen LogP contribution in [-0.2, 0) is 36.1 Å². The van der Waals surface area contributed by atoms with E-state index in [2.05, 4.69) is 59.3 Å². The van der Waals surface area contributed by atoms with Crippen LogP contribution in [-0.4, -0.2) is 88.8 Å². The number of nitrogens with one attached hydrogen (secondary N) is 2. The zero-order valence-corrected chi connectivity index (χ0v) is 49.2. The lowest BCUT2D eigenvalue weighted by molar-refractivity contribution is 0.480. The molecule has 0 spiro atoms. The second-order valence-corrected chi connectivity index (χ2v) is 24.2. The third-order valence-corrected chi connectivity index (χ3v) is 17.6. The molecule has 30 heteroatoms. The zero-order valence-electron chi connectivity index (χ0n) is 44.3. The van der Waals surface area contributed by atoms with E-state index in [1.54, 1.807) is 30.3 Å². The summed E-state index contributed by atoms with van der Waals surface area (Å²) in [6.45, 7) is 29.7. The first-order chi connectivity index (χ1) is 39.0. The third kappa shape index (κ3) is 13.9. The van der Waals surface area contributed by atoms with E-state index in [0.717, 1.165) is 46.2 Å². The van der Waals surface area contributed by atoms with Gasteiger partial charge in [0.25, 0.3) is 41.7 Å². The molecule has 24 nitrogen and oxygen atoms in total. The van der Waals surface area contributed by atoms with Crippen LogP contribution >= 0.6 is 34.8 Å². The quantitative estimate of drug-likeness (QED) is 0.0182. The molecular weight excluding hydrogens is 1170 g/mol. The van der Waals surface area contributed by atoms with Crippen molar-refractivity contribution >= 4 is 133 Å². The van der Waals surface area contributed by atoms with E-state index in [1.165, 1.54) is 56.3 Å². The molecule has 8 rings (SSSR count). The highest BCUT2D eigenvalue weighted by molar-refractivity contribution is 7.98. The Morgan fingerprint density at radius 3 is 1.43 bits per heavy atom. The monoisotopic (exact) mass is 1220 g/mol. The van der Waals surface area contributed by atoms with Crippen molar-refractivity contribution in [3.05, 3.63) is 137 Å². The fraction of sp³-hybridized carbons (Fsp3) is 0.212. The lowest BCUT2D eigenvalue weighted by Gasteiger charge is -2.22. The Bertz CT molecular complexity index is 4020. The van der Waals surface area contributed by atoms with Crippen LogP contribution < -0.4 is 20.4 Å². The number of hydrogen-bond donors (Lipinski definition) is 5. The van der Waals surface area contributed by atoms with Crippen molar-refractivity contribution in [3.63, 3.8) is 0 Å². The first-order valence-corrected chi connectivity index (χ1v) is 31.4. The number of nitrogens with zero attached hydrogens (tertiary/aromatic N) is 13. The van der Waals surface area contributed by atoms with Gasteiger partial charge in [-0.2, -0.15) is 40.2 Å². The molecule has 0 aliphatic rings. The fourth-order valence-electron chi connectivity index (χ4n) is 8.23. The van der Waals surface area contributed by atoms with E-state index in [-0.39, 0.29) is 92.8 Å². The van der Waals surface area contributed by atoms with Gasteiger partial charge < -0.3 is 20.4 Å². The number of hydrogen-bond acceptors (Lipinski definition) is 22. The van der Waals surface area contributed by atoms with Gasteiger partial charge in [0, 0.05) is 43.3 Å². The highest BCUT2D eigenvalue weighted by Crippen LogP contribution is 2.46. The van der Waals surface area contributed by atoms with Gasteiger partial charge in [-0.05, 0) is 153 Å². The van der Waals surface area contributed by atoms with Gasteiger partial charge in [-0.3, -0.25) is 13.7 Å². The second-order valence-electron chi connectivity index (χ2n) is 17.6. The smallest absolute Gasteiger partial charge is 0.294 e. The number of thioether (sulfide) groups is 1. The molecule has 422 valence electrons. The summed E-state index contributed by atoms with van der Waals surface area (Å²) in [6, 6.07) is 25.2. The number of aromatic nitrogens is 5. The Morgan fingerprint density at radius 1 is 0.573 bits per heavy atom. The second kappa shape index (κ2) is 25.3. The van der Waals surface area contributed by atoms with Crippen LogP contribution in [0.1, 0.15) is 44.4 Å². The van der Waals surface area contributed by atoms with Crippen LogP contribution in [0.15, 0.2) is 137 Å². The lowest BCUT2D eigenvalue weighted by Crippen LogP contribution is -2.21. The van der Waals surface area contributed by atoms with Gasteiger partial charge in [-0.1, -0.05) is 48.2 Å². The van der Waals surface area contributed by atoms with Crippen LogP contribution in [0.5, 0.6) is 0 Å². The Kier molecular flexibility index (Phi) is 18.5. The predicted molar refractivity (Wildman–Crippen MR) is 317 cm³/mol. The Hall–Kier alpha value is -8.17. The van der Waals surface area contributed by atoms with Crippen LogP contribution in [0.2, 0.25) is 0 Å². The minimum absolute atomic E-state index is 0.00292. The Morgan fingerprint density at radius 2 is 1.02 bits per heavy atom. The van der Waals surface area contributed by atoms with E-state index in [9.17, 15) is 38.9 Å². The topological polar surface area (TPSA) is 316 Å². The van der Waals surface area contributed by atoms with Gasteiger partial charge in [-0.25, -0.2) is 18.4 Å². The number of aryl methyl sites for hydroxylation is 2. The van der Waals surface area contributed by atoms with Crippen molar-refractivity contribution in [1.29, 1.82) is 0 Å². The molecule has 82 heavy (non-hydrogen) atoms. The third-order valence-electron chi connectivity index (χ3n) is 12.4. The zero-order chi connectivity index (χ0) is 59.1. The first kappa shape index (κ1) is 59.9. The molecule has 0 saturated carbocycles. The summed E-state index contributed by atoms with van der Waals surface area (Å²) in [4.78, 5) is 24.9.